The predicted molar refractivity (Wildman–Crippen MR) is 239 cm³/mol. The molecule has 2 heteroatoms. The molecule has 1 aliphatic rings. The molecule has 12 rings (SSSR count). The van der Waals surface area contributed by atoms with E-state index in [2.05, 4.69) is 221 Å². The molecule has 57 heavy (non-hydrogen) atoms. The Morgan fingerprint density at radius 3 is 1.33 bits per heavy atom. The summed E-state index contributed by atoms with van der Waals surface area (Å²) < 4.78 is 4.79. The van der Waals surface area contributed by atoms with Crippen molar-refractivity contribution in [2.24, 2.45) is 0 Å². The Kier molecular flexibility index (Phi) is 7.02. The molecule has 0 aliphatic heterocycles. The van der Waals surface area contributed by atoms with Gasteiger partial charge < -0.3 is 9.13 Å². The lowest BCUT2D eigenvalue weighted by Gasteiger charge is -2.15. The maximum absolute atomic E-state index is 2.41. The van der Waals surface area contributed by atoms with Crippen LogP contribution in [0.4, 0.5) is 0 Å². The van der Waals surface area contributed by atoms with E-state index in [0.717, 1.165) is 5.69 Å². The van der Waals surface area contributed by atoms with Gasteiger partial charge in [-0.1, -0.05) is 152 Å². The molecule has 11 aromatic rings. The zero-order chi connectivity index (χ0) is 37.5. The highest BCUT2D eigenvalue weighted by molar-refractivity contribution is 6.11. The van der Waals surface area contributed by atoms with Crippen LogP contribution in [0.1, 0.15) is 22.6 Å². The van der Waals surface area contributed by atoms with E-state index in [1.807, 2.05) is 0 Å². The highest BCUT2D eigenvalue weighted by Gasteiger charge is 2.29. The number of benzene rings is 9. The van der Waals surface area contributed by atoms with Crippen LogP contribution in [0.5, 0.6) is 0 Å². The summed E-state index contributed by atoms with van der Waals surface area (Å²) in [6.07, 6.45) is 0. The lowest BCUT2D eigenvalue weighted by molar-refractivity contribution is 1.02. The molecule has 2 nitrogen and oxygen atoms in total. The van der Waals surface area contributed by atoms with E-state index in [4.69, 9.17) is 0 Å². The molecule has 0 spiro atoms. The van der Waals surface area contributed by atoms with Gasteiger partial charge in [0.2, 0.25) is 0 Å². The molecule has 1 aliphatic carbocycles. The van der Waals surface area contributed by atoms with Crippen molar-refractivity contribution < 1.29 is 0 Å². The molecular weight excluding hydrogens is 689 g/mol. The molecule has 0 amide bonds. The summed E-state index contributed by atoms with van der Waals surface area (Å²) in [5, 5.41) is 5.06. The SMILES string of the molecule is c1ccc(C2c3ccccc3-c3cc(-c4ccc(-n5c6ccccc6c6cc(-c7ccc(-n8c9ccccc9c9ccccc98)cc7)ccc65)cc4)ccc32)cc1. The largest absolute Gasteiger partial charge is 0.309 e. The molecule has 2 aromatic heterocycles. The Labute approximate surface area is 331 Å². The fourth-order valence-corrected chi connectivity index (χ4v) is 9.62. The molecule has 1 unspecified atom stereocenters. The molecule has 266 valence electrons. The number of hydrogen-bond acceptors (Lipinski definition) is 0. The van der Waals surface area contributed by atoms with E-state index in [0.29, 0.717) is 0 Å². The zero-order valence-electron chi connectivity index (χ0n) is 31.2. The zero-order valence-corrected chi connectivity index (χ0v) is 31.2. The van der Waals surface area contributed by atoms with Gasteiger partial charge in [0, 0.05) is 38.8 Å². The Hall–Kier alpha value is -7.42. The van der Waals surface area contributed by atoms with E-state index in [9.17, 15) is 0 Å². The first kappa shape index (κ1) is 31.9. The Morgan fingerprint density at radius 2 is 0.719 bits per heavy atom. The molecule has 0 bridgehead atoms. The van der Waals surface area contributed by atoms with Crippen LogP contribution in [0.25, 0.3) is 88.4 Å². The average Bonchev–Trinajstić information content (AvgIpc) is 3.92. The predicted octanol–water partition coefficient (Wildman–Crippen LogP) is 14.4. The first-order chi connectivity index (χ1) is 28.3. The van der Waals surface area contributed by atoms with Crippen molar-refractivity contribution in [3.05, 3.63) is 229 Å². The topological polar surface area (TPSA) is 9.86 Å². The molecule has 2 heterocycles. The normalized spacial score (nSPS) is 13.4. The maximum Gasteiger partial charge on any atom is 0.0541 e. The lowest BCUT2D eigenvalue weighted by atomic mass is 9.89. The number of fused-ring (bicyclic) bond motifs is 9. The van der Waals surface area contributed by atoms with E-state index in [-0.39, 0.29) is 5.92 Å². The summed E-state index contributed by atoms with van der Waals surface area (Å²) in [5.74, 6) is 0.260. The summed E-state index contributed by atoms with van der Waals surface area (Å²) in [7, 11) is 0. The van der Waals surface area contributed by atoms with Crippen molar-refractivity contribution in [3.63, 3.8) is 0 Å². The van der Waals surface area contributed by atoms with Gasteiger partial charge in [-0.3, -0.25) is 0 Å². The monoisotopic (exact) mass is 724 g/mol. The number of para-hydroxylation sites is 3. The summed E-state index contributed by atoms with van der Waals surface area (Å²) in [6.45, 7) is 0. The minimum Gasteiger partial charge on any atom is -0.309 e. The summed E-state index contributed by atoms with van der Waals surface area (Å²) >= 11 is 0. The van der Waals surface area contributed by atoms with Gasteiger partial charge in [0.15, 0.2) is 0 Å². The van der Waals surface area contributed by atoms with Gasteiger partial charge in [0.05, 0.1) is 22.1 Å². The molecule has 0 N–H and O–H groups in total. The van der Waals surface area contributed by atoms with Gasteiger partial charge in [-0.2, -0.15) is 0 Å². The number of rotatable bonds is 5. The van der Waals surface area contributed by atoms with Crippen molar-refractivity contribution in [1.29, 1.82) is 0 Å². The fourth-order valence-electron chi connectivity index (χ4n) is 9.62. The third-order valence-electron chi connectivity index (χ3n) is 12.2. The number of aromatic nitrogens is 2. The lowest BCUT2D eigenvalue weighted by Crippen LogP contribution is -1.98. The van der Waals surface area contributed by atoms with E-state index < -0.39 is 0 Å². The van der Waals surface area contributed by atoms with Crippen LogP contribution in [0.3, 0.4) is 0 Å². The van der Waals surface area contributed by atoms with E-state index in [1.165, 1.54) is 99.4 Å². The van der Waals surface area contributed by atoms with Crippen molar-refractivity contribution >= 4 is 43.6 Å². The van der Waals surface area contributed by atoms with Crippen LogP contribution in [0.15, 0.2) is 212 Å². The van der Waals surface area contributed by atoms with Gasteiger partial charge in [-0.15, -0.1) is 0 Å². The summed E-state index contributed by atoms with van der Waals surface area (Å²) in [4.78, 5) is 0. The van der Waals surface area contributed by atoms with Crippen LogP contribution < -0.4 is 0 Å². The summed E-state index contributed by atoms with van der Waals surface area (Å²) in [5.41, 5.74) is 18.8. The van der Waals surface area contributed by atoms with Crippen molar-refractivity contribution in [2.45, 2.75) is 5.92 Å². The quantitative estimate of drug-likeness (QED) is 0.167. The molecular formula is C55H36N2. The Morgan fingerprint density at radius 1 is 0.281 bits per heavy atom. The van der Waals surface area contributed by atoms with Crippen LogP contribution in [-0.2, 0) is 0 Å². The first-order valence-corrected chi connectivity index (χ1v) is 19.8. The molecule has 0 fully saturated rings. The maximum atomic E-state index is 2.41. The van der Waals surface area contributed by atoms with Gasteiger partial charge in [-0.05, 0) is 111 Å². The Balaban J connectivity index is 0.900. The van der Waals surface area contributed by atoms with Crippen LogP contribution in [0.2, 0.25) is 0 Å². The van der Waals surface area contributed by atoms with Crippen molar-refractivity contribution in [3.8, 4) is 44.8 Å². The highest BCUT2D eigenvalue weighted by Crippen LogP contribution is 2.49. The molecule has 9 aromatic carbocycles. The molecule has 0 radical (unpaired) electrons. The number of hydrogen-bond donors (Lipinski definition) is 0. The van der Waals surface area contributed by atoms with E-state index in [1.54, 1.807) is 0 Å². The highest BCUT2D eigenvalue weighted by atomic mass is 15.0. The van der Waals surface area contributed by atoms with Crippen LogP contribution in [-0.4, -0.2) is 9.13 Å². The number of nitrogens with zero attached hydrogens (tertiary/aromatic N) is 2. The molecule has 1 atom stereocenters. The second-order valence-electron chi connectivity index (χ2n) is 15.3. The van der Waals surface area contributed by atoms with Gasteiger partial charge in [-0.25, -0.2) is 0 Å². The molecule has 0 saturated heterocycles. The minimum atomic E-state index is 0.260. The minimum absolute atomic E-state index is 0.260. The standard InChI is InChI=1S/C55H36N2/c1-2-12-38(13-3-1)55-47-18-5-4-14-43(47)49-34-39(26-32-48(49)55)36-22-30-42(31-23-36)57-53-21-11-8-17-46(53)50-35-40(27-33-54(50)57)37-24-28-41(29-25-37)56-51-19-9-6-15-44(51)45-16-7-10-20-52(45)56/h1-35,55H. The third kappa shape index (κ3) is 4.91. The van der Waals surface area contributed by atoms with Crippen molar-refractivity contribution in [1.82, 2.24) is 9.13 Å². The van der Waals surface area contributed by atoms with Gasteiger partial charge in [0.25, 0.3) is 0 Å². The van der Waals surface area contributed by atoms with Gasteiger partial charge in [0.1, 0.15) is 0 Å². The third-order valence-corrected chi connectivity index (χ3v) is 12.2. The second kappa shape index (κ2) is 12.6. The van der Waals surface area contributed by atoms with Crippen molar-refractivity contribution in [2.75, 3.05) is 0 Å². The second-order valence-corrected chi connectivity index (χ2v) is 15.3. The Bertz CT molecular complexity index is 3270. The van der Waals surface area contributed by atoms with Crippen LogP contribution in [0, 0.1) is 0 Å². The average molecular weight is 725 g/mol. The molecule has 0 saturated carbocycles. The van der Waals surface area contributed by atoms with Gasteiger partial charge >= 0.3 is 0 Å². The smallest absolute Gasteiger partial charge is 0.0541 e. The van der Waals surface area contributed by atoms with E-state index >= 15 is 0 Å². The first-order valence-electron chi connectivity index (χ1n) is 19.8. The van der Waals surface area contributed by atoms with Crippen LogP contribution >= 0.6 is 0 Å². The fraction of sp³-hybridized carbons (Fsp3) is 0.0182. The summed E-state index contributed by atoms with van der Waals surface area (Å²) in [6, 6.07) is 78.1.